The Bertz CT molecular complexity index is 480. The number of aliphatic hydroxyl groups is 1. The van der Waals surface area contributed by atoms with Crippen molar-refractivity contribution >= 4 is 21.6 Å². The van der Waals surface area contributed by atoms with Gasteiger partial charge in [-0.2, -0.15) is 0 Å². The molecule has 2 heterocycles. The Morgan fingerprint density at radius 2 is 2.10 bits per heavy atom. The molecule has 0 radical (unpaired) electrons. The summed E-state index contributed by atoms with van der Waals surface area (Å²) in [4.78, 5) is 5.06. The van der Waals surface area contributed by atoms with Gasteiger partial charge in [0.1, 0.15) is 0 Å². The van der Waals surface area contributed by atoms with Gasteiger partial charge in [0.25, 0.3) is 0 Å². The fourth-order valence-corrected chi connectivity index (χ4v) is 3.76. The lowest BCUT2D eigenvalue weighted by Gasteiger charge is -2.25. The molecule has 2 aliphatic heterocycles. The van der Waals surface area contributed by atoms with Gasteiger partial charge in [0, 0.05) is 42.4 Å². The summed E-state index contributed by atoms with van der Waals surface area (Å²) in [6, 6.07) is 7.30. The van der Waals surface area contributed by atoms with Crippen LogP contribution in [-0.2, 0) is 0 Å². The molecule has 0 aromatic heterocycles. The van der Waals surface area contributed by atoms with Gasteiger partial charge in [-0.25, -0.2) is 0 Å². The van der Waals surface area contributed by atoms with Crippen molar-refractivity contribution in [2.45, 2.75) is 25.8 Å². The molecule has 0 bridgehead atoms. The SMILES string of the molecule is Cc1ccc(N2CCC(N3CCC(CO)C3)C2)cc1Br. The molecule has 0 spiro atoms. The molecule has 20 heavy (non-hydrogen) atoms. The van der Waals surface area contributed by atoms with E-state index in [4.69, 9.17) is 0 Å². The number of aliphatic hydroxyl groups excluding tert-OH is 1. The molecule has 1 N–H and O–H groups in total. The third kappa shape index (κ3) is 2.87. The monoisotopic (exact) mass is 338 g/mol. The summed E-state index contributed by atoms with van der Waals surface area (Å²) in [7, 11) is 0. The van der Waals surface area contributed by atoms with Crippen molar-refractivity contribution in [3.05, 3.63) is 28.2 Å². The summed E-state index contributed by atoms with van der Waals surface area (Å²) in [5, 5.41) is 9.27. The predicted octanol–water partition coefficient (Wildman–Crippen LogP) is 2.65. The molecule has 0 amide bonds. The van der Waals surface area contributed by atoms with Crippen LogP contribution >= 0.6 is 15.9 Å². The maximum atomic E-state index is 9.27. The molecule has 2 fully saturated rings. The summed E-state index contributed by atoms with van der Waals surface area (Å²) in [6.45, 7) is 6.96. The van der Waals surface area contributed by atoms with Gasteiger partial charge in [-0.3, -0.25) is 4.90 Å². The van der Waals surface area contributed by atoms with Crippen LogP contribution in [0.25, 0.3) is 0 Å². The maximum Gasteiger partial charge on any atom is 0.0471 e. The van der Waals surface area contributed by atoms with Crippen LogP contribution in [0.1, 0.15) is 18.4 Å². The van der Waals surface area contributed by atoms with Crippen LogP contribution < -0.4 is 4.90 Å². The molecular formula is C16H23BrN2O. The third-order valence-electron chi connectivity index (χ3n) is 4.78. The van der Waals surface area contributed by atoms with Gasteiger partial charge in [0.05, 0.1) is 0 Å². The molecule has 3 nitrogen and oxygen atoms in total. The second kappa shape index (κ2) is 6.04. The van der Waals surface area contributed by atoms with E-state index in [9.17, 15) is 5.11 Å². The first-order chi connectivity index (χ1) is 9.67. The topological polar surface area (TPSA) is 26.7 Å². The molecule has 4 heteroatoms. The molecule has 2 aliphatic rings. The molecule has 2 atom stereocenters. The summed E-state index contributed by atoms with van der Waals surface area (Å²) in [5.41, 5.74) is 2.61. The average Bonchev–Trinajstić information content (AvgIpc) is 3.09. The largest absolute Gasteiger partial charge is 0.396 e. The highest BCUT2D eigenvalue weighted by Gasteiger charge is 2.32. The first-order valence-electron chi connectivity index (χ1n) is 7.53. The fraction of sp³-hybridized carbons (Fsp3) is 0.625. The smallest absolute Gasteiger partial charge is 0.0471 e. The third-order valence-corrected chi connectivity index (χ3v) is 5.63. The number of rotatable bonds is 3. The number of nitrogens with zero attached hydrogens (tertiary/aromatic N) is 2. The number of hydrogen-bond acceptors (Lipinski definition) is 3. The van der Waals surface area contributed by atoms with Crippen molar-refractivity contribution in [3.8, 4) is 0 Å². The Balaban J connectivity index is 1.63. The lowest BCUT2D eigenvalue weighted by molar-refractivity contribution is 0.204. The second-order valence-corrected chi connectivity index (χ2v) is 7.01. The first kappa shape index (κ1) is 14.4. The summed E-state index contributed by atoms with van der Waals surface area (Å²) in [5.74, 6) is 0.498. The molecule has 1 aromatic rings. The molecule has 110 valence electrons. The summed E-state index contributed by atoms with van der Waals surface area (Å²) >= 11 is 3.63. The molecular weight excluding hydrogens is 316 g/mol. The normalized spacial score (nSPS) is 27.4. The molecule has 2 unspecified atom stereocenters. The van der Waals surface area contributed by atoms with Crippen molar-refractivity contribution in [1.82, 2.24) is 4.90 Å². The number of halogens is 1. The Labute approximate surface area is 129 Å². The predicted molar refractivity (Wildman–Crippen MR) is 86.3 cm³/mol. The van der Waals surface area contributed by atoms with Crippen molar-refractivity contribution in [1.29, 1.82) is 0 Å². The highest BCUT2D eigenvalue weighted by molar-refractivity contribution is 9.10. The minimum Gasteiger partial charge on any atom is -0.396 e. The Morgan fingerprint density at radius 3 is 2.80 bits per heavy atom. The second-order valence-electron chi connectivity index (χ2n) is 6.15. The van der Waals surface area contributed by atoms with Gasteiger partial charge in [0.2, 0.25) is 0 Å². The highest BCUT2D eigenvalue weighted by Crippen LogP contribution is 2.29. The van der Waals surface area contributed by atoms with E-state index in [-0.39, 0.29) is 0 Å². The van der Waals surface area contributed by atoms with E-state index in [0.29, 0.717) is 18.6 Å². The average molecular weight is 339 g/mol. The van der Waals surface area contributed by atoms with Crippen LogP contribution in [0, 0.1) is 12.8 Å². The Hall–Kier alpha value is -0.580. The minimum atomic E-state index is 0.345. The number of likely N-dealkylation sites (tertiary alicyclic amines) is 1. The van der Waals surface area contributed by atoms with Crippen molar-refractivity contribution in [2.75, 3.05) is 37.7 Å². The van der Waals surface area contributed by atoms with E-state index >= 15 is 0 Å². The molecule has 1 aromatic carbocycles. The van der Waals surface area contributed by atoms with E-state index in [1.54, 1.807) is 0 Å². The number of benzene rings is 1. The quantitative estimate of drug-likeness (QED) is 0.917. The molecule has 0 aliphatic carbocycles. The maximum absolute atomic E-state index is 9.27. The number of hydrogen-bond donors (Lipinski definition) is 1. The van der Waals surface area contributed by atoms with Crippen LogP contribution in [-0.4, -0.2) is 48.8 Å². The highest BCUT2D eigenvalue weighted by atomic mass is 79.9. The summed E-state index contributed by atoms with van der Waals surface area (Å²) < 4.78 is 1.19. The molecule has 2 saturated heterocycles. The van der Waals surface area contributed by atoms with Crippen molar-refractivity contribution in [3.63, 3.8) is 0 Å². The number of aryl methyl sites for hydroxylation is 1. The van der Waals surface area contributed by atoms with Crippen LogP contribution in [0.5, 0.6) is 0 Å². The number of anilines is 1. The molecule has 3 rings (SSSR count). The van der Waals surface area contributed by atoms with Crippen LogP contribution in [0.3, 0.4) is 0 Å². The van der Waals surface area contributed by atoms with Gasteiger partial charge < -0.3 is 10.0 Å². The van der Waals surface area contributed by atoms with Crippen LogP contribution in [0.15, 0.2) is 22.7 Å². The minimum absolute atomic E-state index is 0.345. The van der Waals surface area contributed by atoms with Crippen LogP contribution in [0.2, 0.25) is 0 Å². The fourth-order valence-electron chi connectivity index (χ4n) is 3.40. The van der Waals surface area contributed by atoms with E-state index in [1.165, 1.54) is 22.1 Å². The Kier molecular flexibility index (Phi) is 4.34. The van der Waals surface area contributed by atoms with E-state index in [1.807, 2.05) is 0 Å². The van der Waals surface area contributed by atoms with E-state index in [2.05, 4.69) is 50.9 Å². The lowest BCUT2D eigenvalue weighted by Crippen LogP contribution is -2.36. The van der Waals surface area contributed by atoms with E-state index in [0.717, 1.165) is 32.6 Å². The zero-order chi connectivity index (χ0) is 14.1. The Morgan fingerprint density at radius 1 is 1.25 bits per heavy atom. The van der Waals surface area contributed by atoms with Gasteiger partial charge >= 0.3 is 0 Å². The van der Waals surface area contributed by atoms with Crippen LogP contribution in [0.4, 0.5) is 5.69 Å². The first-order valence-corrected chi connectivity index (χ1v) is 8.32. The zero-order valence-corrected chi connectivity index (χ0v) is 13.6. The standard InChI is InChI=1S/C16H23BrN2O/c1-12-2-3-14(8-16(12)17)19-7-5-15(10-19)18-6-4-13(9-18)11-20/h2-3,8,13,15,20H,4-7,9-11H2,1H3. The van der Waals surface area contributed by atoms with Gasteiger partial charge in [0.15, 0.2) is 0 Å². The zero-order valence-electron chi connectivity index (χ0n) is 12.1. The van der Waals surface area contributed by atoms with Gasteiger partial charge in [-0.05, 0) is 49.9 Å². The van der Waals surface area contributed by atoms with E-state index < -0.39 is 0 Å². The summed E-state index contributed by atoms with van der Waals surface area (Å²) in [6.07, 6.45) is 2.40. The lowest BCUT2D eigenvalue weighted by atomic mass is 10.1. The van der Waals surface area contributed by atoms with Gasteiger partial charge in [-0.1, -0.05) is 22.0 Å². The van der Waals surface area contributed by atoms with Crippen molar-refractivity contribution in [2.24, 2.45) is 5.92 Å². The van der Waals surface area contributed by atoms with Crippen molar-refractivity contribution < 1.29 is 5.11 Å². The molecule has 0 saturated carbocycles. The van der Waals surface area contributed by atoms with Gasteiger partial charge in [-0.15, -0.1) is 0 Å².